The largest absolute Gasteiger partial charge is 0.377 e. The van der Waals surface area contributed by atoms with Gasteiger partial charge in [-0.25, -0.2) is 4.98 Å². The Morgan fingerprint density at radius 2 is 2.22 bits per heavy atom. The minimum atomic E-state index is 0.418. The van der Waals surface area contributed by atoms with E-state index in [9.17, 15) is 0 Å². The fourth-order valence-electron chi connectivity index (χ4n) is 1.82. The van der Waals surface area contributed by atoms with E-state index in [0.717, 1.165) is 29.9 Å². The number of rotatable bonds is 6. The number of H-pyrrole nitrogens is 1. The van der Waals surface area contributed by atoms with Crippen LogP contribution >= 0.6 is 0 Å². The van der Waals surface area contributed by atoms with Crippen molar-refractivity contribution >= 4 is 11.0 Å². The van der Waals surface area contributed by atoms with Crippen LogP contribution in [0.25, 0.3) is 11.0 Å². The molecule has 0 aliphatic carbocycles. The van der Waals surface area contributed by atoms with Gasteiger partial charge in [-0.05, 0) is 30.7 Å². The highest BCUT2D eigenvalue weighted by Gasteiger charge is 2.06. The van der Waals surface area contributed by atoms with E-state index >= 15 is 0 Å². The molecule has 2 rings (SSSR count). The van der Waals surface area contributed by atoms with Crippen LogP contribution < -0.4 is 5.73 Å². The summed E-state index contributed by atoms with van der Waals surface area (Å²) in [6.07, 6.45) is 0.907. The van der Waals surface area contributed by atoms with Gasteiger partial charge in [0.2, 0.25) is 0 Å². The Kier molecular flexibility index (Phi) is 4.33. The van der Waals surface area contributed by atoms with Crippen molar-refractivity contribution in [3.8, 4) is 0 Å². The number of imidazole rings is 1. The van der Waals surface area contributed by atoms with Crippen LogP contribution in [0.2, 0.25) is 0 Å². The number of hydrogen-bond acceptors (Lipinski definition) is 3. The summed E-state index contributed by atoms with van der Waals surface area (Å²) >= 11 is 0. The van der Waals surface area contributed by atoms with Gasteiger partial charge in [0.25, 0.3) is 0 Å². The second-order valence-corrected chi connectivity index (χ2v) is 4.82. The summed E-state index contributed by atoms with van der Waals surface area (Å²) in [5.74, 6) is 1.45. The fraction of sp³-hybridized carbons (Fsp3) is 0.500. The van der Waals surface area contributed by atoms with Gasteiger partial charge in [0.05, 0.1) is 17.6 Å². The van der Waals surface area contributed by atoms with Crippen LogP contribution in [0.15, 0.2) is 18.2 Å². The number of ether oxygens (including phenoxy) is 1. The molecule has 1 aromatic carbocycles. The maximum Gasteiger partial charge on any atom is 0.109 e. The van der Waals surface area contributed by atoms with Crippen LogP contribution in [0.5, 0.6) is 0 Å². The number of nitrogens with one attached hydrogen (secondary N) is 1. The van der Waals surface area contributed by atoms with Gasteiger partial charge >= 0.3 is 0 Å². The lowest BCUT2D eigenvalue weighted by Crippen LogP contribution is -2.04. The van der Waals surface area contributed by atoms with Gasteiger partial charge < -0.3 is 15.5 Å². The molecule has 18 heavy (non-hydrogen) atoms. The number of nitrogens with two attached hydrogens (primary N) is 1. The van der Waals surface area contributed by atoms with Gasteiger partial charge in [0.1, 0.15) is 5.82 Å². The fourth-order valence-corrected chi connectivity index (χ4v) is 1.82. The summed E-state index contributed by atoms with van der Waals surface area (Å²) in [6, 6.07) is 6.21. The summed E-state index contributed by atoms with van der Waals surface area (Å²) in [7, 11) is 0. The van der Waals surface area contributed by atoms with Crippen molar-refractivity contribution < 1.29 is 4.74 Å². The first kappa shape index (κ1) is 13.1. The standard InChI is InChI=1S/C14H21N3O/c1-10(2)14-16-12-5-4-11(8-13(12)17-14)9-18-7-3-6-15/h4-5,8,10H,3,6-7,9,15H2,1-2H3,(H,16,17). The molecule has 0 aliphatic rings. The molecule has 3 N–H and O–H groups in total. The third-order valence-electron chi connectivity index (χ3n) is 2.87. The van der Waals surface area contributed by atoms with Crippen LogP contribution in [0.3, 0.4) is 0 Å². The van der Waals surface area contributed by atoms with Crippen molar-refractivity contribution in [3.63, 3.8) is 0 Å². The lowest BCUT2D eigenvalue weighted by molar-refractivity contribution is 0.120. The number of benzene rings is 1. The monoisotopic (exact) mass is 247 g/mol. The number of aromatic amines is 1. The molecule has 0 unspecified atom stereocenters. The first-order valence-corrected chi connectivity index (χ1v) is 6.47. The molecule has 0 spiro atoms. The molecule has 0 saturated heterocycles. The van der Waals surface area contributed by atoms with Crippen LogP contribution in [0.1, 0.15) is 37.6 Å². The summed E-state index contributed by atoms with van der Waals surface area (Å²) in [4.78, 5) is 7.90. The first-order chi connectivity index (χ1) is 8.70. The molecule has 4 nitrogen and oxygen atoms in total. The Labute approximate surface area is 108 Å². The minimum Gasteiger partial charge on any atom is -0.377 e. The molecule has 0 atom stereocenters. The molecule has 0 radical (unpaired) electrons. The van der Waals surface area contributed by atoms with E-state index in [0.29, 0.717) is 19.1 Å². The zero-order chi connectivity index (χ0) is 13.0. The van der Waals surface area contributed by atoms with Gasteiger partial charge in [0, 0.05) is 12.5 Å². The second-order valence-electron chi connectivity index (χ2n) is 4.82. The summed E-state index contributed by atoms with van der Waals surface area (Å²) in [6.45, 7) is 6.29. The average Bonchev–Trinajstić information content (AvgIpc) is 2.78. The molecule has 1 aromatic heterocycles. The van der Waals surface area contributed by atoms with E-state index in [2.05, 4.69) is 35.9 Å². The van der Waals surface area contributed by atoms with E-state index in [-0.39, 0.29) is 0 Å². The van der Waals surface area contributed by atoms with Crippen molar-refractivity contribution in [2.24, 2.45) is 5.73 Å². The van der Waals surface area contributed by atoms with Gasteiger partial charge in [-0.1, -0.05) is 19.9 Å². The quantitative estimate of drug-likeness (QED) is 0.771. The molecular formula is C14H21N3O. The molecule has 0 aliphatic heterocycles. The highest BCUT2D eigenvalue weighted by Crippen LogP contribution is 2.18. The highest BCUT2D eigenvalue weighted by atomic mass is 16.5. The molecule has 0 saturated carbocycles. The van der Waals surface area contributed by atoms with Gasteiger partial charge in [0.15, 0.2) is 0 Å². The van der Waals surface area contributed by atoms with E-state index in [1.807, 2.05) is 6.07 Å². The zero-order valence-corrected chi connectivity index (χ0v) is 11.1. The highest BCUT2D eigenvalue weighted by molar-refractivity contribution is 5.75. The van der Waals surface area contributed by atoms with Gasteiger partial charge in [-0.2, -0.15) is 0 Å². The molecule has 0 amide bonds. The Bertz CT molecular complexity index is 505. The van der Waals surface area contributed by atoms with Crippen molar-refractivity contribution in [2.75, 3.05) is 13.2 Å². The van der Waals surface area contributed by atoms with Crippen LogP contribution in [0.4, 0.5) is 0 Å². The Hall–Kier alpha value is -1.39. The Morgan fingerprint density at radius 1 is 1.39 bits per heavy atom. The van der Waals surface area contributed by atoms with Crippen molar-refractivity contribution in [3.05, 3.63) is 29.6 Å². The Balaban J connectivity index is 2.07. The molecule has 2 aromatic rings. The first-order valence-electron chi connectivity index (χ1n) is 6.47. The number of aromatic nitrogens is 2. The summed E-state index contributed by atoms with van der Waals surface area (Å²) < 4.78 is 5.55. The average molecular weight is 247 g/mol. The van der Waals surface area contributed by atoms with E-state index in [1.54, 1.807) is 0 Å². The predicted molar refractivity (Wildman–Crippen MR) is 73.5 cm³/mol. The van der Waals surface area contributed by atoms with Crippen molar-refractivity contribution in [2.45, 2.75) is 32.8 Å². The summed E-state index contributed by atoms with van der Waals surface area (Å²) in [5, 5.41) is 0. The Morgan fingerprint density at radius 3 is 2.94 bits per heavy atom. The van der Waals surface area contributed by atoms with E-state index in [1.165, 1.54) is 5.56 Å². The number of hydrogen-bond donors (Lipinski definition) is 2. The molecule has 4 heteroatoms. The SMILES string of the molecule is CC(C)c1nc2ccc(COCCCN)cc2[nH]1. The number of nitrogens with zero attached hydrogens (tertiary/aromatic N) is 1. The van der Waals surface area contributed by atoms with Crippen molar-refractivity contribution in [1.82, 2.24) is 9.97 Å². The normalized spacial score (nSPS) is 11.6. The lowest BCUT2D eigenvalue weighted by Gasteiger charge is -2.03. The molecular weight excluding hydrogens is 226 g/mol. The van der Waals surface area contributed by atoms with Gasteiger partial charge in [-0.3, -0.25) is 0 Å². The topological polar surface area (TPSA) is 63.9 Å². The molecule has 0 bridgehead atoms. The minimum absolute atomic E-state index is 0.418. The maximum absolute atomic E-state index is 5.55. The van der Waals surface area contributed by atoms with Crippen LogP contribution in [0, 0.1) is 0 Å². The third kappa shape index (κ3) is 3.09. The molecule has 98 valence electrons. The summed E-state index contributed by atoms with van der Waals surface area (Å²) in [5.41, 5.74) is 8.69. The van der Waals surface area contributed by atoms with Crippen LogP contribution in [-0.4, -0.2) is 23.1 Å². The third-order valence-corrected chi connectivity index (χ3v) is 2.87. The second kappa shape index (κ2) is 5.98. The van der Waals surface area contributed by atoms with E-state index in [4.69, 9.17) is 10.5 Å². The lowest BCUT2D eigenvalue weighted by atomic mass is 10.2. The smallest absolute Gasteiger partial charge is 0.109 e. The van der Waals surface area contributed by atoms with Gasteiger partial charge in [-0.15, -0.1) is 0 Å². The predicted octanol–water partition coefficient (Wildman–Crippen LogP) is 2.55. The maximum atomic E-state index is 5.55. The van der Waals surface area contributed by atoms with Crippen LogP contribution in [-0.2, 0) is 11.3 Å². The molecule has 0 fully saturated rings. The van der Waals surface area contributed by atoms with E-state index < -0.39 is 0 Å². The number of fused-ring (bicyclic) bond motifs is 1. The molecule has 1 heterocycles. The zero-order valence-electron chi connectivity index (χ0n) is 11.1. The van der Waals surface area contributed by atoms with Crippen molar-refractivity contribution in [1.29, 1.82) is 0 Å².